The molecule has 34 heavy (non-hydrogen) atoms. The van der Waals surface area contributed by atoms with Crippen molar-refractivity contribution in [1.82, 2.24) is 0 Å². The molecule has 0 aliphatic carbocycles. The number of nitriles is 2. The van der Waals surface area contributed by atoms with Crippen molar-refractivity contribution >= 4 is 0 Å². The molecular weight excluding hydrogens is 461 g/mol. The molecule has 3 aromatic rings. The lowest BCUT2D eigenvalue weighted by Crippen LogP contribution is -2.51. The molecule has 3 rings (SSSR count). The molecule has 0 N–H and O–H groups in total. The molecule has 1 radical (unpaired) electrons. The highest BCUT2D eigenvalue weighted by Gasteiger charge is 2.75. The van der Waals surface area contributed by atoms with Crippen LogP contribution in [-0.4, -0.2) is 12.4 Å². The third-order valence-corrected chi connectivity index (χ3v) is 5.38. The Bertz CT molecular complexity index is 1240. The molecule has 173 valence electrons. The molecule has 0 atom stereocenters. The van der Waals surface area contributed by atoms with Crippen LogP contribution in [0.15, 0.2) is 48.5 Å². The fraction of sp³-hybridized carbons (Fsp3) is 0.200. The van der Waals surface area contributed by atoms with Crippen molar-refractivity contribution in [3.05, 3.63) is 82.4 Å². The minimum absolute atomic E-state index is 0.219. The fourth-order valence-corrected chi connectivity index (χ4v) is 3.97. The van der Waals surface area contributed by atoms with Gasteiger partial charge in [0.05, 0.1) is 23.3 Å². The van der Waals surface area contributed by atoms with E-state index in [-0.39, 0.29) is 33.4 Å². The summed E-state index contributed by atoms with van der Waals surface area (Å²) in [4.78, 5) is 0. The first-order chi connectivity index (χ1) is 15.8. The lowest BCUT2D eigenvalue weighted by atomic mass is 9.76. The largest absolute Gasteiger partial charge is 0.435 e. The van der Waals surface area contributed by atoms with Crippen molar-refractivity contribution in [3.8, 4) is 34.4 Å². The van der Waals surface area contributed by atoms with E-state index in [4.69, 9.17) is 0 Å². The third kappa shape index (κ3) is 3.77. The fourth-order valence-electron chi connectivity index (χ4n) is 3.97. The van der Waals surface area contributed by atoms with Gasteiger partial charge >= 0.3 is 18.0 Å². The molecule has 0 saturated heterocycles. The molecule has 0 aliphatic heterocycles. The highest BCUT2D eigenvalue weighted by Crippen LogP contribution is 2.58. The van der Waals surface area contributed by atoms with E-state index in [9.17, 15) is 36.9 Å². The van der Waals surface area contributed by atoms with Crippen LogP contribution in [0.2, 0.25) is 0 Å². The predicted octanol–water partition coefficient (Wildman–Crippen LogP) is 7.47. The third-order valence-electron chi connectivity index (χ3n) is 5.38. The van der Waals surface area contributed by atoms with Crippen LogP contribution in [0, 0.1) is 42.6 Å². The summed E-state index contributed by atoms with van der Waals surface area (Å²) >= 11 is 0. The van der Waals surface area contributed by atoms with Crippen molar-refractivity contribution in [1.29, 1.82) is 10.5 Å². The van der Waals surface area contributed by atoms with Gasteiger partial charge < -0.3 is 0 Å². The first-order valence-corrected chi connectivity index (χ1v) is 9.67. The maximum absolute atomic E-state index is 15.8. The van der Waals surface area contributed by atoms with Crippen LogP contribution in [0.1, 0.15) is 27.8 Å². The van der Waals surface area contributed by atoms with Gasteiger partial charge in [0.25, 0.3) is 0 Å². The predicted molar refractivity (Wildman–Crippen MR) is 110 cm³/mol. The van der Waals surface area contributed by atoms with Crippen LogP contribution in [0.3, 0.4) is 0 Å². The Kier molecular flexibility index (Phi) is 6.19. The lowest BCUT2D eigenvalue weighted by molar-refractivity contribution is -0.348. The molecule has 3 aromatic carbocycles. The summed E-state index contributed by atoms with van der Waals surface area (Å²) in [6.07, 6.45) is -12.8. The maximum Gasteiger partial charge on any atom is 0.435 e. The first kappa shape index (κ1) is 24.8. The quantitative estimate of drug-likeness (QED) is 0.369. The van der Waals surface area contributed by atoms with Crippen LogP contribution in [0.4, 0.5) is 30.7 Å². The summed E-state index contributed by atoms with van der Waals surface area (Å²) in [7, 11) is 0. The van der Waals surface area contributed by atoms with E-state index in [1.165, 1.54) is 50.2 Å². The van der Waals surface area contributed by atoms with E-state index < -0.39 is 34.7 Å². The summed E-state index contributed by atoms with van der Waals surface area (Å²) in [5.41, 5.74) is -10.7. The molecule has 0 unspecified atom stereocenters. The summed E-state index contributed by atoms with van der Waals surface area (Å²) in [5, 5.41) is 18.9. The Morgan fingerprint density at radius 3 is 1.32 bits per heavy atom. The zero-order valence-corrected chi connectivity index (χ0v) is 17.7. The number of alkyl halides is 7. The van der Waals surface area contributed by atoms with Crippen molar-refractivity contribution in [3.63, 3.8) is 0 Å². The highest BCUT2D eigenvalue weighted by atomic mass is 19.4. The number of aryl methyl sites for hydroxylation is 2. The van der Waals surface area contributed by atoms with Gasteiger partial charge in [-0.3, -0.25) is 0 Å². The van der Waals surface area contributed by atoms with Crippen molar-refractivity contribution in [2.45, 2.75) is 31.9 Å². The summed E-state index contributed by atoms with van der Waals surface area (Å²) < 4.78 is 100. The van der Waals surface area contributed by atoms with Gasteiger partial charge in [-0.05, 0) is 54.3 Å². The zero-order chi connectivity index (χ0) is 25.5. The SMILES string of the molecule is Cc1[c]c(C)c(-c2ccccc2C#N)c(C(F)(C(F)(F)F)C(F)(F)F)c1-c1ccccc1C#N. The van der Waals surface area contributed by atoms with Crippen molar-refractivity contribution < 1.29 is 30.7 Å². The molecule has 0 spiro atoms. The standard InChI is InChI=1S/C25H14F7N2/c1-14-11-15(2)21(19-10-6-4-8-17(19)13-34)22(23(26,24(27,28)29)25(30,31)32)20(14)18-9-5-3-7-16(18)12-33/h3-10H,1-2H3. The van der Waals surface area contributed by atoms with Crippen LogP contribution >= 0.6 is 0 Å². The van der Waals surface area contributed by atoms with Crippen LogP contribution in [0.5, 0.6) is 0 Å². The molecule has 0 aliphatic rings. The minimum Gasteiger partial charge on any atom is -0.218 e. The van der Waals surface area contributed by atoms with Gasteiger partial charge in [0.1, 0.15) is 0 Å². The van der Waals surface area contributed by atoms with Crippen molar-refractivity contribution in [2.24, 2.45) is 0 Å². The minimum atomic E-state index is -6.42. The Labute approximate surface area is 190 Å². The summed E-state index contributed by atoms with van der Waals surface area (Å²) in [6, 6.07) is 16.2. The number of nitrogens with zero attached hydrogens (tertiary/aromatic N) is 2. The molecule has 2 nitrogen and oxygen atoms in total. The maximum atomic E-state index is 15.8. The summed E-state index contributed by atoms with van der Waals surface area (Å²) in [6.45, 7) is 2.38. The molecular formula is C25H14F7N2. The van der Waals surface area contributed by atoms with E-state index >= 15 is 4.39 Å². The lowest BCUT2D eigenvalue weighted by Gasteiger charge is -2.35. The van der Waals surface area contributed by atoms with Gasteiger partial charge in [0.15, 0.2) is 0 Å². The van der Waals surface area contributed by atoms with E-state index in [0.29, 0.717) is 0 Å². The van der Waals surface area contributed by atoms with Gasteiger partial charge in [-0.2, -0.15) is 36.9 Å². The number of rotatable bonds is 3. The Balaban J connectivity index is 2.72. The van der Waals surface area contributed by atoms with Gasteiger partial charge in [0, 0.05) is 16.7 Å². The van der Waals surface area contributed by atoms with Gasteiger partial charge in [-0.15, -0.1) is 0 Å². The molecule has 0 fully saturated rings. The molecule has 9 heteroatoms. The monoisotopic (exact) mass is 475 g/mol. The van der Waals surface area contributed by atoms with Gasteiger partial charge in [0.2, 0.25) is 0 Å². The number of benzene rings is 3. The van der Waals surface area contributed by atoms with E-state index in [1.54, 1.807) is 12.1 Å². The first-order valence-electron chi connectivity index (χ1n) is 9.67. The summed E-state index contributed by atoms with van der Waals surface area (Å²) in [5.74, 6) is 0. The average Bonchev–Trinajstić information content (AvgIpc) is 2.76. The van der Waals surface area contributed by atoms with E-state index in [1.807, 2.05) is 0 Å². The molecule has 0 amide bonds. The second kappa shape index (κ2) is 8.49. The van der Waals surface area contributed by atoms with Gasteiger partial charge in [-0.1, -0.05) is 36.4 Å². The highest BCUT2D eigenvalue weighted by molar-refractivity contribution is 5.88. The molecule has 0 aromatic heterocycles. The molecule has 0 saturated carbocycles. The second-order valence-electron chi connectivity index (χ2n) is 7.47. The smallest absolute Gasteiger partial charge is 0.218 e. The molecule has 0 bridgehead atoms. The van der Waals surface area contributed by atoms with Crippen LogP contribution < -0.4 is 0 Å². The van der Waals surface area contributed by atoms with Crippen LogP contribution in [0.25, 0.3) is 22.3 Å². The number of halogens is 7. The Hall–Kier alpha value is -3.85. The average molecular weight is 475 g/mol. The topological polar surface area (TPSA) is 47.6 Å². The van der Waals surface area contributed by atoms with Crippen LogP contribution in [-0.2, 0) is 5.67 Å². The zero-order valence-electron chi connectivity index (χ0n) is 17.7. The van der Waals surface area contributed by atoms with Crippen molar-refractivity contribution in [2.75, 3.05) is 0 Å². The van der Waals surface area contributed by atoms with E-state index in [0.717, 1.165) is 12.1 Å². The Morgan fingerprint density at radius 2 is 1.00 bits per heavy atom. The van der Waals surface area contributed by atoms with Gasteiger partial charge in [-0.25, -0.2) is 4.39 Å². The normalized spacial score (nSPS) is 12.2. The number of hydrogen-bond donors (Lipinski definition) is 0. The van der Waals surface area contributed by atoms with E-state index in [2.05, 4.69) is 6.07 Å². The number of hydrogen-bond acceptors (Lipinski definition) is 2. The second-order valence-corrected chi connectivity index (χ2v) is 7.47. The Morgan fingerprint density at radius 1 is 0.647 bits per heavy atom. The molecule has 0 heterocycles.